The van der Waals surface area contributed by atoms with Gasteiger partial charge in [0.1, 0.15) is 5.82 Å². The summed E-state index contributed by atoms with van der Waals surface area (Å²) in [5, 5.41) is 2.84. The molecule has 3 nitrogen and oxygen atoms in total. The van der Waals surface area contributed by atoms with Gasteiger partial charge in [0.2, 0.25) is 0 Å². The average molecular weight is 272 g/mol. The van der Waals surface area contributed by atoms with E-state index in [4.69, 9.17) is 5.73 Å². The fourth-order valence-electron chi connectivity index (χ4n) is 1.93. The summed E-state index contributed by atoms with van der Waals surface area (Å²) in [5.41, 5.74) is 7.78. The molecule has 4 heteroatoms. The number of amides is 1. The van der Waals surface area contributed by atoms with E-state index in [9.17, 15) is 9.18 Å². The summed E-state index contributed by atoms with van der Waals surface area (Å²) in [6, 6.07) is 13.1. The minimum absolute atomic E-state index is 0.190. The van der Waals surface area contributed by atoms with Crippen LogP contribution in [0.15, 0.2) is 48.5 Å². The number of hydrogen-bond donors (Lipinski definition) is 2. The molecule has 2 aromatic carbocycles. The van der Waals surface area contributed by atoms with Gasteiger partial charge in [0.15, 0.2) is 0 Å². The molecule has 0 radical (unpaired) electrons. The topological polar surface area (TPSA) is 55.1 Å². The van der Waals surface area contributed by atoms with Crippen molar-refractivity contribution in [2.24, 2.45) is 5.73 Å². The van der Waals surface area contributed by atoms with Gasteiger partial charge in [-0.2, -0.15) is 0 Å². The molecule has 104 valence electrons. The van der Waals surface area contributed by atoms with E-state index in [-0.39, 0.29) is 17.8 Å². The summed E-state index contributed by atoms with van der Waals surface area (Å²) < 4.78 is 13.1. The second kappa shape index (κ2) is 6.30. The van der Waals surface area contributed by atoms with Crippen LogP contribution < -0.4 is 11.1 Å². The van der Waals surface area contributed by atoms with Crippen molar-refractivity contribution in [1.82, 2.24) is 5.32 Å². The molecule has 1 atom stereocenters. The van der Waals surface area contributed by atoms with Crippen molar-refractivity contribution in [2.75, 3.05) is 0 Å². The lowest BCUT2D eigenvalue weighted by Gasteiger charge is -2.14. The van der Waals surface area contributed by atoms with E-state index in [1.807, 2.05) is 19.1 Å². The molecule has 2 aromatic rings. The molecule has 2 rings (SSSR count). The Balaban J connectivity index is 2.06. The first kappa shape index (κ1) is 14.2. The molecule has 0 bridgehead atoms. The van der Waals surface area contributed by atoms with Crippen molar-refractivity contribution in [3.63, 3.8) is 0 Å². The Kier molecular flexibility index (Phi) is 4.48. The largest absolute Gasteiger partial charge is 0.346 e. The zero-order valence-electron chi connectivity index (χ0n) is 11.3. The van der Waals surface area contributed by atoms with Crippen LogP contribution in [0.3, 0.4) is 0 Å². The van der Waals surface area contributed by atoms with E-state index in [2.05, 4.69) is 5.32 Å². The first-order valence-electron chi connectivity index (χ1n) is 6.45. The second-order valence-electron chi connectivity index (χ2n) is 4.65. The summed E-state index contributed by atoms with van der Waals surface area (Å²) >= 11 is 0. The van der Waals surface area contributed by atoms with Gasteiger partial charge in [-0.1, -0.05) is 24.3 Å². The maximum atomic E-state index is 13.1. The monoisotopic (exact) mass is 272 g/mol. The molecule has 0 heterocycles. The van der Waals surface area contributed by atoms with Crippen LogP contribution >= 0.6 is 0 Å². The lowest BCUT2D eigenvalue weighted by Crippen LogP contribution is -2.26. The lowest BCUT2D eigenvalue weighted by atomic mass is 10.1. The molecule has 0 unspecified atom stereocenters. The highest BCUT2D eigenvalue weighted by Gasteiger charge is 2.11. The van der Waals surface area contributed by atoms with Crippen molar-refractivity contribution < 1.29 is 9.18 Å². The number of hydrogen-bond acceptors (Lipinski definition) is 2. The highest BCUT2D eigenvalue weighted by Crippen LogP contribution is 2.14. The standard InChI is InChI=1S/C16H17FN2O/c1-11(14-3-2-4-15(17)9-14)19-16(20)13-7-5-12(10-18)6-8-13/h2-9,11H,10,18H2,1H3,(H,19,20)/t11-/m1/s1. The SMILES string of the molecule is C[C@@H](NC(=O)c1ccc(CN)cc1)c1cccc(F)c1. The normalized spacial score (nSPS) is 11.9. The van der Waals surface area contributed by atoms with Crippen molar-refractivity contribution in [2.45, 2.75) is 19.5 Å². The van der Waals surface area contributed by atoms with E-state index in [1.165, 1.54) is 12.1 Å². The van der Waals surface area contributed by atoms with E-state index < -0.39 is 0 Å². The van der Waals surface area contributed by atoms with Crippen LogP contribution in [0.1, 0.15) is 34.5 Å². The molecule has 1 amide bonds. The first-order chi connectivity index (χ1) is 9.60. The third-order valence-corrected chi connectivity index (χ3v) is 3.15. The van der Waals surface area contributed by atoms with Gasteiger partial charge in [-0.05, 0) is 42.3 Å². The summed E-state index contributed by atoms with van der Waals surface area (Å²) in [6.45, 7) is 2.27. The third-order valence-electron chi connectivity index (χ3n) is 3.15. The lowest BCUT2D eigenvalue weighted by molar-refractivity contribution is 0.0940. The van der Waals surface area contributed by atoms with Crippen LogP contribution in [-0.4, -0.2) is 5.91 Å². The average Bonchev–Trinajstić information content (AvgIpc) is 2.47. The highest BCUT2D eigenvalue weighted by molar-refractivity contribution is 5.94. The number of rotatable bonds is 4. The molecule has 0 aliphatic carbocycles. The summed E-state index contributed by atoms with van der Waals surface area (Å²) in [6.07, 6.45) is 0. The van der Waals surface area contributed by atoms with Gasteiger partial charge < -0.3 is 11.1 Å². The maximum absolute atomic E-state index is 13.1. The smallest absolute Gasteiger partial charge is 0.251 e. The maximum Gasteiger partial charge on any atom is 0.251 e. The fraction of sp³-hybridized carbons (Fsp3) is 0.188. The Morgan fingerprint density at radius 2 is 1.95 bits per heavy atom. The first-order valence-corrected chi connectivity index (χ1v) is 6.45. The van der Waals surface area contributed by atoms with Crippen molar-refractivity contribution in [1.29, 1.82) is 0 Å². The van der Waals surface area contributed by atoms with Gasteiger partial charge in [-0.25, -0.2) is 4.39 Å². The Hall–Kier alpha value is -2.20. The molecule has 20 heavy (non-hydrogen) atoms. The van der Waals surface area contributed by atoms with E-state index >= 15 is 0 Å². The second-order valence-corrected chi connectivity index (χ2v) is 4.65. The van der Waals surface area contributed by atoms with Gasteiger partial charge in [0, 0.05) is 12.1 Å². The molecule has 0 spiro atoms. The minimum atomic E-state index is -0.309. The Morgan fingerprint density at radius 1 is 1.25 bits per heavy atom. The summed E-state index contributed by atoms with van der Waals surface area (Å²) in [7, 11) is 0. The van der Waals surface area contributed by atoms with E-state index in [0.717, 1.165) is 11.1 Å². The van der Waals surface area contributed by atoms with Crippen LogP contribution in [0, 0.1) is 5.82 Å². The van der Waals surface area contributed by atoms with Gasteiger partial charge in [0.25, 0.3) is 5.91 Å². The number of carbonyl (C=O) groups excluding carboxylic acids is 1. The van der Waals surface area contributed by atoms with Gasteiger partial charge >= 0.3 is 0 Å². The predicted molar refractivity (Wildman–Crippen MR) is 76.6 cm³/mol. The van der Waals surface area contributed by atoms with Crippen LogP contribution in [0.4, 0.5) is 4.39 Å². The van der Waals surface area contributed by atoms with E-state index in [0.29, 0.717) is 12.1 Å². The molecular weight excluding hydrogens is 255 g/mol. The predicted octanol–water partition coefficient (Wildman–Crippen LogP) is 2.78. The van der Waals surface area contributed by atoms with Gasteiger partial charge in [-0.15, -0.1) is 0 Å². The van der Waals surface area contributed by atoms with Crippen LogP contribution in [-0.2, 0) is 6.54 Å². The van der Waals surface area contributed by atoms with Crippen molar-refractivity contribution >= 4 is 5.91 Å². The zero-order chi connectivity index (χ0) is 14.5. The quantitative estimate of drug-likeness (QED) is 0.899. The number of benzene rings is 2. The van der Waals surface area contributed by atoms with Gasteiger partial charge in [-0.3, -0.25) is 4.79 Å². The minimum Gasteiger partial charge on any atom is -0.346 e. The van der Waals surface area contributed by atoms with Crippen LogP contribution in [0.25, 0.3) is 0 Å². The molecular formula is C16H17FN2O. The highest BCUT2D eigenvalue weighted by atomic mass is 19.1. The zero-order valence-corrected chi connectivity index (χ0v) is 11.3. The molecule has 0 saturated heterocycles. The number of carbonyl (C=O) groups is 1. The fourth-order valence-corrected chi connectivity index (χ4v) is 1.93. The molecule has 0 aliphatic rings. The number of halogens is 1. The molecule has 0 fully saturated rings. The van der Waals surface area contributed by atoms with Crippen molar-refractivity contribution in [3.8, 4) is 0 Å². The summed E-state index contributed by atoms with van der Waals surface area (Å²) in [5.74, 6) is -0.499. The van der Waals surface area contributed by atoms with Crippen molar-refractivity contribution in [3.05, 3.63) is 71.0 Å². The Labute approximate surface area is 117 Å². The Bertz CT molecular complexity index is 596. The number of nitrogens with one attached hydrogen (secondary N) is 1. The molecule has 0 saturated carbocycles. The molecule has 0 aromatic heterocycles. The van der Waals surface area contributed by atoms with E-state index in [1.54, 1.807) is 24.3 Å². The van der Waals surface area contributed by atoms with Crippen LogP contribution in [0.5, 0.6) is 0 Å². The van der Waals surface area contributed by atoms with Gasteiger partial charge in [0.05, 0.1) is 6.04 Å². The molecule has 0 aliphatic heterocycles. The summed E-state index contributed by atoms with van der Waals surface area (Å²) in [4.78, 5) is 12.1. The third kappa shape index (κ3) is 3.42. The number of nitrogens with two attached hydrogens (primary N) is 1. The molecule has 3 N–H and O–H groups in total. The Morgan fingerprint density at radius 3 is 2.55 bits per heavy atom. The van der Waals surface area contributed by atoms with Crippen LogP contribution in [0.2, 0.25) is 0 Å².